The molecular formula is C19H21N5O2. The van der Waals surface area contributed by atoms with E-state index in [0.29, 0.717) is 11.1 Å². The average molecular weight is 351 g/mol. The first kappa shape index (κ1) is 16.5. The number of aromatic nitrogens is 3. The van der Waals surface area contributed by atoms with E-state index >= 15 is 0 Å². The van der Waals surface area contributed by atoms with Crippen LogP contribution in [0.2, 0.25) is 0 Å². The number of carboxylic acid groups (broad SMARTS) is 1. The molecule has 2 aromatic heterocycles. The normalized spacial score (nSPS) is 16.4. The summed E-state index contributed by atoms with van der Waals surface area (Å²) >= 11 is 0. The monoisotopic (exact) mass is 351 g/mol. The van der Waals surface area contributed by atoms with Crippen LogP contribution >= 0.6 is 0 Å². The Morgan fingerprint density at radius 1 is 1.19 bits per heavy atom. The highest BCUT2D eigenvalue weighted by molar-refractivity contribution is 5.80. The summed E-state index contributed by atoms with van der Waals surface area (Å²) in [6, 6.07) is 14.0. The second-order valence-electron chi connectivity index (χ2n) is 7.55. The van der Waals surface area contributed by atoms with E-state index in [1.54, 1.807) is 10.6 Å². The van der Waals surface area contributed by atoms with E-state index < -0.39 is 6.09 Å². The van der Waals surface area contributed by atoms with E-state index in [-0.39, 0.29) is 5.95 Å². The van der Waals surface area contributed by atoms with Crippen molar-refractivity contribution in [2.75, 3.05) is 18.4 Å². The maximum Gasteiger partial charge on any atom is 0.411 e. The van der Waals surface area contributed by atoms with Crippen LogP contribution in [0.1, 0.15) is 19.4 Å². The predicted molar refractivity (Wildman–Crippen MR) is 99.1 cm³/mol. The number of hydrogen-bond acceptors (Lipinski definition) is 4. The van der Waals surface area contributed by atoms with Gasteiger partial charge in [0.15, 0.2) is 5.65 Å². The number of nitrogens with one attached hydrogen (secondary N) is 1. The van der Waals surface area contributed by atoms with Crippen LogP contribution in [0.3, 0.4) is 0 Å². The van der Waals surface area contributed by atoms with Crippen LogP contribution in [0, 0.1) is 5.41 Å². The smallest absolute Gasteiger partial charge is 0.411 e. The van der Waals surface area contributed by atoms with Gasteiger partial charge in [-0.25, -0.2) is 9.31 Å². The number of hydrogen-bond donors (Lipinski definition) is 2. The molecule has 0 saturated carbocycles. The van der Waals surface area contributed by atoms with Gasteiger partial charge >= 0.3 is 6.09 Å². The Morgan fingerprint density at radius 3 is 2.58 bits per heavy atom. The van der Waals surface area contributed by atoms with Gasteiger partial charge in [-0.15, -0.1) is 5.10 Å². The Kier molecular flexibility index (Phi) is 3.88. The fraction of sp³-hybridized carbons (Fsp3) is 0.316. The van der Waals surface area contributed by atoms with Crippen LogP contribution in [0.4, 0.5) is 10.7 Å². The van der Waals surface area contributed by atoms with Crippen LogP contribution in [-0.2, 0) is 6.54 Å². The number of amides is 1. The minimum atomic E-state index is -1.18. The highest BCUT2D eigenvalue weighted by atomic mass is 16.4. The third-order valence-corrected chi connectivity index (χ3v) is 4.54. The molecule has 3 aromatic rings. The molecule has 1 aliphatic heterocycles. The first-order chi connectivity index (χ1) is 12.4. The zero-order valence-electron chi connectivity index (χ0n) is 14.8. The number of benzene rings is 1. The molecule has 0 radical (unpaired) electrons. The average Bonchev–Trinajstić information content (AvgIpc) is 2.95. The number of anilines is 1. The summed E-state index contributed by atoms with van der Waals surface area (Å²) in [4.78, 5) is 17.4. The number of carbonyl (C=O) groups is 1. The van der Waals surface area contributed by atoms with Crippen molar-refractivity contribution in [2.45, 2.75) is 20.4 Å². The third-order valence-electron chi connectivity index (χ3n) is 4.54. The Hall–Kier alpha value is -2.93. The molecule has 0 bridgehead atoms. The minimum absolute atomic E-state index is 0.0713. The number of rotatable bonds is 4. The molecule has 1 amide bonds. The summed E-state index contributed by atoms with van der Waals surface area (Å²) in [6.07, 6.45) is -1.18. The van der Waals surface area contributed by atoms with Crippen molar-refractivity contribution in [1.29, 1.82) is 0 Å². The molecule has 0 atom stereocenters. The van der Waals surface area contributed by atoms with Gasteiger partial charge in [0, 0.05) is 25.2 Å². The summed E-state index contributed by atoms with van der Waals surface area (Å²) in [5, 5.41) is 15.3. The number of nitrogens with zero attached hydrogens (tertiary/aromatic N) is 4. The highest BCUT2D eigenvalue weighted by Crippen LogP contribution is 2.30. The van der Waals surface area contributed by atoms with Crippen molar-refractivity contribution < 1.29 is 9.90 Å². The molecule has 0 unspecified atom stereocenters. The Balaban J connectivity index is 1.57. The van der Waals surface area contributed by atoms with E-state index in [2.05, 4.69) is 58.4 Å². The third kappa shape index (κ3) is 3.25. The second kappa shape index (κ2) is 6.10. The van der Waals surface area contributed by atoms with Gasteiger partial charge in [-0.1, -0.05) is 44.2 Å². The lowest BCUT2D eigenvalue weighted by molar-refractivity contribution is 0.0242. The summed E-state index contributed by atoms with van der Waals surface area (Å²) in [7, 11) is 0. The molecule has 4 rings (SSSR count). The van der Waals surface area contributed by atoms with Gasteiger partial charge in [-0.05, 0) is 23.1 Å². The van der Waals surface area contributed by atoms with Gasteiger partial charge in [0.2, 0.25) is 0 Å². The molecule has 1 saturated heterocycles. The Labute approximate surface area is 151 Å². The van der Waals surface area contributed by atoms with Gasteiger partial charge in [-0.3, -0.25) is 10.2 Å². The van der Waals surface area contributed by atoms with Crippen LogP contribution in [-0.4, -0.2) is 43.8 Å². The van der Waals surface area contributed by atoms with E-state index in [9.17, 15) is 4.79 Å². The SMILES string of the molecule is CC1(C)CN(Cc2ccc(-c3cccc4nc(NC(=O)O)nn34)cc2)C1. The maximum absolute atomic E-state index is 10.8. The lowest BCUT2D eigenvalue weighted by Crippen LogP contribution is -2.52. The van der Waals surface area contributed by atoms with Crippen molar-refractivity contribution in [2.24, 2.45) is 5.41 Å². The lowest BCUT2D eigenvalue weighted by atomic mass is 9.84. The summed E-state index contributed by atoms with van der Waals surface area (Å²) in [5.41, 5.74) is 4.19. The number of pyridine rings is 1. The standard InChI is InChI=1S/C19H21N5O2/c1-19(2)11-23(12-19)10-13-6-8-14(9-7-13)15-4-3-5-16-20-17(21-18(25)26)22-24(15)16/h3-9H,10-12H2,1-2H3,(H,21,22)(H,25,26). The van der Waals surface area contributed by atoms with Crippen molar-refractivity contribution in [3.63, 3.8) is 0 Å². The molecule has 26 heavy (non-hydrogen) atoms. The van der Waals surface area contributed by atoms with Crippen LogP contribution in [0.5, 0.6) is 0 Å². The van der Waals surface area contributed by atoms with E-state index in [0.717, 1.165) is 30.9 Å². The zero-order chi connectivity index (χ0) is 18.3. The predicted octanol–water partition coefficient (Wildman–Crippen LogP) is 3.33. The van der Waals surface area contributed by atoms with Crippen LogP contribution < -0.4 is 5.32 Å². The van der Waals surface area contributed by atoms with Crippen molar-refractivity contribution in [3.05, 3.63) is 48.0 Å². The van der Waals surface area contributed by atoms with Gasteiger partial charge in [0.25, 0.3) is 5.95 Å². The van der Waals surface area contributed by atoms with E-state index in [4.69, 9.17) is 5.11 Å². The molecule has 1 fully saturated rings. The molecule has 2 N–H and O–H groups in total. The molecule has 1 aliphatic rings. The molecule has 1 aromatic carbocycles. The number of fused-ring (bicyclic) bond motifs is 1. The van der Waals surface area contributed by atoms with Crippen molar-refractivity contribution in [3.8, 4) is 11.3 Å². The van der Waals surface area contributed by atoms with Gasteiger partial charge in [0.05, 0.1) is 5.69 Å². The molecular weight excluding hydrogens is 330 g/mol. The second-order valence-corrected chi connectivity index (χ2v) is 7.55. The molecule has 0 spiro atoms. The minimum Gasteiger partial charge on any atom is -0.465 e. The fourth-order valence-electron chi connectivity index (χ4n) is 3.59. The van der Waals surface area contributed by atoms with Gasteiger partial charge in [-0.2, -0.15) is 4.98 Å². The van der Waals surface area contributed by atoms with E-state index in [1.807, 2.05) is 12.1 Å². The first-order valence-electron chi connectivity index (χ1n) is 8.57. The Bertz CT molecular complexity index is 954. The lowest BCUT2D eigenvalue weighted by Gasteiger charge is -2.46. The van der Waals surface area contributed by atoms with Gasteiger partial charge in [0.1, 0.15) is 0 Å². The molecule has 7 heteroatoms. The summed E-state index contributed by atoms with van der Waals surface area (Å²) < 4.78 is 1.65. The van der Waals surface area contributed by atoms with E-state index in [1.165, 1.54) is 5.56 Å². The topological polar surface area (TPSA) is 82.8 Å². The molecule has 0 aliphatic carbocycles. The molecule has 7 nitrogen and oxygen atoms in total. The van der Waals surface area contributed by atoms with Gasteiger partial charge < -0.3 is 5.11 Å². The van der Waals surface area contributed by atoms with Crippen LogP contribution in [0.25, 0.3) is 16.9 Å². The quantitative estimate of drug-likeness (QED) is 0.753. The molecule has 134 valence electrons. The number of likely N-dealkylation sites (tertiary alicyclic amines) is 1. The van der Waals surface area contributed by atoms with Crippen molar-refractivity contribution >= 4 is 17.7 Å². The Morgan fingerprint density at radius 2 is 1.92 bits per heavy atom. The highest BCUT2D eigenvalue weighted by Gasteiger charge is 2.33. The van der Waals surface area contributed by atoms with Crippen LogP contribution in [0.15, 0.2) is 42.5 Å². The van der Waals surface area contributed by atoms with Crippen molar-refractivity contribution in [1.82, 2.24) is 19.5 Å². The maximum atomic E-state index is 10.8. The molecule has 3 heterocycles. The summed E-state index contributed by atoms with van der Waals surface area (Å²) in [5.74, 6) is 0.0713. The fourth-order valence-corrected chi connectivity index (χ4v) is 3.59. The first-order valence-corrected chi connectivity index (χ1v) is 8.57. The largest absolute Gasteiger partial charge is 0.465 e. The summed E-state index contributed by atoms with van der Waals surface area (Å²) in [6.45, 7) is 7.81. The zero-order valence-corrected chi connectivity index (χ0v) is 14.8.